The topological polar surface area (TPSA) is 80.6 Å². The summed E-state index contributed by atoms with van der Waals surface area (Å²) in [5.41, 5.74) is 1.45. The number of rotatable bonds is 7. The Bertz CT molecular complexity index is 870. The number of carbonyl (C=O) groups is 1. The molecule has 2 aromatic rings. The second kappa shape index (κ2) is 9.30. The predicted molar refractivity (Wildman–Crippen MR) is 103 cm³/mol. The van der Waals surface area contributed by atoms with Crippen LogP contribution in [0.3, 0.4) is 0 Å². The van der Waals surface area contributed by atoms with Crippen LogP contribution < -0.4 is 19.5 Å². The number of nitriles is 1. The minimum absolute atomic E-state index is 0.0386. The second-order valence-electron chi connectivity index (χ2n) is 5.72. The van der Waals surface area contributed by atoms with Crippen molar-refractivity contribution in [3.63, 3.8) is 0 Å². The molecule has 0 fully saturated rings. The molecule has 6 nitrogen and oxygen atoms in total. The lowest BCUT2D eigenvalue weighted by molar-refractivity contribution is -0.117. The fourth-order valence-corrected chi connectivity index (χ4v) is 2.57. The molecule has 2 aromatic carbocycles. The van der Waals surface area contributed by atoms with Crippen molar-refractivity contribution in [2.45, 2.75) is 13.0 Å². The van der Waals surface area contributed by atoms with Crippen molar-refractivity contribution in [3.05, 3.63) is 59.2 Å². The molecule has 0 radical (unpaired) electrons. The van der Waals surface area contributed by atoms with Crippen LogP contribution >= 0.6 is 0 Å². The van der Waals surface area contributed by atoms with E-state index < -0.39 is 5.91 Å². The molecule has 0 heterocycles. The summed E-state index contributed by atoms with van der Waals surface area (Å²) < 4.78 is 15.9. The maximum Gasteiger partial charge on any atom is 0.262 e. The fourth-order valence-electron chi connectivity index (χ4n) is 2.57. The van der Waals surface area contributed by atoms with E-state index in [4.69, 9.17) is 14.2 Å². The van der Waals surface area contributed by atoms with Crippen molar-refractivity contribution >= 4 is 12.0 Å². The molecule has 0 unspecified atom stereocenters. The van der Waals surface area contributed by atoms with Crippen molar-refractivity contribution < 1.29 is 19.0 Å². The lowest BCUT2D eigenvalue weighted by Crippen LogP contribution is -2.27. The molecular formula is C21H22N2O4. The van der Waals surface area contributed by atoms with E-state index in [0.29, 0.717) is 22.8 Å². The van der Waals surface area contributed by atoms with Gasteiger partial charge in [0, 0.05) is 11.6 Å². The molecule has 0 aromatic heterocycles. The van der Waals surface area contributed by atoms with Gasteiger partial charge in [0.25, 0.3) is 5.91 Å². The highest BCUT2D eigenvalue weighted by Gasteiger charge is 2.16. The third-order valence-corrected chi connectivity index (χ3v) is 4.05. The van der Waals surface area contributed by atoms with E-state index in [-0.39, 0.29) is 11.6 Å². The van der Waals surface area contributed by atoms with Crippen LogP contribution in [0.25, 0.3) is 6.08 Å². The zero-order valence-electron chi connectivity index (χ0n) is 15.8. The highest BCUT2D eigenvalue weighted by atomic mass is 16.5. The van der Waals surface area contributed by atoms with Crippen LogP contribution in [0.5, 0.6) is 17.2 Å². The van der Waals surface area contributed by atoms with Gasteiger partial charge in [-0.3, -0.25) is 4.79 Å². The summed E-state index contributed by atoms with van der Waals surface area (Å²) in [7, 11) is 4.53. The number of methoxy groups -OCH3 is 3. The molecule has 0 bridgehead atoms. The normalized spacial score (nSPS) is 11.9. The highest BCUT2D eigenvalue weighted by Crippen LogP contribution is 2.35. The van der Waals surface area contributed by atoms with Gasteiger partial charge in [-0.25, -0.2) is 0 Å². The van der Waals surface area contributed by atoms with Gasteiger partial charge in [0.1, 0.15) is 17.4 Å². The van der Waals surface area contributed by atoms with Gasteiger partial charge < -0.3 is 19.5 Å². The first-order chi connectivity index (χ1) is 13.0. The summed E-state index contributed by atoms with van der Waals surface area (Å²) in [6.07, 6.45) is 1.47. The van der Waals surface area contributed by atoms with E-state index >= 15 is 0 Å². The Balaban J connectivity index is 2.32. The van der Waals surface area contributed by atoms with Gasteiger partial charge >= 0.3 is 0 Å². The van der Waals surface area contributed by atoms with Gasteiger partial charge in [-0.1, -0.05) is 30.3 Å². The van der Waals surface area contributed by atoms with Gasteiger partial charge in [-0.2, -0.15) is 5.26 Å². The molecule has 2 rings (SSSR count). The van der Waals surface area contributed by atoms with Crippen molar-refractivity contribution in [2.24, 2.45) is 0 Å². The molecule has 0 saturated carbocycles. The summed E-state index contributed by atoms with van der Waals surface area (Å²) in [5, 5.41) is 12.3. The summed E-state index contributed by atoms with van der Waals surface area (Å²) in [6.45, 7) is 1.86. The quantitative estimate of drug-likeness (QED) is 0.599. The second-order valence-corrected chi connectivity index (χ2v) is 5.72. The van der Waals surface area contributed by atoms with E-state index in [0.717, 1.165) is 5.56 Å². The molecule has 0 aliphatic rings. The van der Waals surface area contributed by atoms with Crippen molar-refractivity contribution in [1.82, 2.24) is 5.32 Å². The lowest BCUT2D eigenvalue weighted by Gasteiger charge is -2.15. The summed E-state index contributed by atoms with van der Waals surface area (Å²) in [5.74, 6) is 0.960. The summed E-state index contributed by atoms with van der Waals surface area (Å²) in [6, 6.07) is 14.5. The maximum atomic E-state index is 12.5. The number of hydrogen-bond acceptors (Lipinski definition) is 5. The zero-order chi connectivity index (χ0) is 19.8. The van der Waals surface area contributed by atoms with Crippen LogP contribution in [0, 0.1) is 11.3 Å². The van der Waals surface area contributed by atoms with E-state index in [1.165, 1.54) is 27.4 Å². The van der Waals surface area contributed by atoms with Crippen LogP contribution in [0.15, 0.2) is 48.0 Å². The summed E-state index contributed by atoms with van der Waals surface area (Å²) in [4.78, 5) is 12.5. The molecule has 1 N–H and O–H groups in total. The van der Waals surface area contributed by atoms with Crippen LogP contribution in [0.4, 0.5) is 0 Å². The number of amides is 1. The monoisotopic (exact) mass is 366 g/mol. The van der Waals surface area contributed by atoms with Gasteiger partial charge in [-0.05, 0) is 24.6 Å². The van der Waals surface area contributed by atoms with Gasteiger partial charge in [0.05, 0.1) is 27.4 Å². The predicted octanol–water partition coefficient (Wildman–Crippen LogP) is 3.50. The molecule has 0 spiro atoms. The highest BCUT2D eigenvalue weighted by molar-refractivity contribution is 6.02. The minimum atomic E-state index is -0.467. The third-order valence-electron chi connectivity index (χ3n) is 4.05. The van der Waals surface area contributed by atoms with Crippen LogP contribution in [-0.2, 0) is 4.79 Å². The molecule has 1 atom stereocenters. The Hall–Kier alpha value is -3.46. The van der Waals surface area contributed by atoms with E-state index in [1.807, 2.05) is 43.3 Å². The number of nitrogens with one attached hydrogen (secondary N) is 1. The van der Waals surface area contributed by atoms with Gasteiger partial charge in [0.15, 0.2) is 11.5 Å². The molecule has 27 heavy (non-hydrogen) atoms. The first-order valence-electron chi connectivity index (χ1n) is 8.31. The largest absolute Gasteiger partial charge is 0.496 e. The maximum absolute atomic E-state index is 12.5. The Morgan fingerprint density at radius 3 is 2.19 bits per heavy atom. The molecule has 6 heteroatoms. The van der Waals surface area contributed by atoms with Crippen LogP contribution in [-0.4, -0.2) is 27.2 Å². The molecule has 140 valence electrons. The molecule has 0 aliphatic carbocycles. The van der Waals surface area contributed by atoms with Crippen molar-refractivity contribution in [1.29, 1.82) is 5.26 Å². The van der Waals surface area contributed by atoms with Crippen LogP contribution in [0.1, 0.15) is 24.1 Å². The Kier molecular flexibility index (Phi) is 6.84. The molecule has 0 aliphatic heterocycles. The zero-order valence-corrected chi connectivity index (χ0v) is 15.8. The molecule has 1 amide bonds. The Labute approximate surface area is 159 Å². The average molecular weight is 366 g/mol. The Morgan fingerprint density at radius 2 is 1.63 bits per heavy atom. The number of hydrogen-bond donors (Lipinski definition) is 1. The third kappa shape index (κ3) is 4.79. The van der Waals surface area contributed by atoms with Gasteiger partial charge in [-0.15, -0.1) is 0 Å². The molecule has 0 saturated heterocycles. The van der Waals surface area contributed by atoms with Crippen molar-refractivity contribution in [3.8, 4) is 23.3 Å². The average Bonchev–Trinajstić information content (AvgIpc) is 2.71. The summed E-state index contributed by atoms with van der Waals surface area (Å²) >= 11 is 0. The van der Waals surface area contributed by atoms with E-state index in [1.54, 1.807) is 12.1 Å². The van der Waals surface area contributed by atoms with Crippen molar-refractivity contribution in [2.75, 3.05) is 21.3 Å². The minimum Gasteiger partial charge on any atom is -0.496 e. The SMILES string of the molecule is COc1cc(OC)c(OC)cc1/C=C(\C#N)C(=O)N[C@@H](C)c1ccccc1. The lowest BCUT2D eigenvalue weighted by atomic mass is 10.1. The first kappa shape index (κ1) is 19.9. The Morgan fingerprint density at radius 1 is 1.04 bits per heavy atom. The van der Waals surface area contributed by atoms with Gasteiger partial charge in [0.2, 0.25) is 0 Å². The number of carbonyl (C=O) groups excluding carboxylic acids is 1. The first-order valence-corrected chi connectivity index (χ1v) is 8.31. The number of ether oxygens (including phenoxy) is 3. The van der Waals surface area contributed by atoms with Crippen LogP contribution in [0.2, 0.25) is 0 Å². The standard InChI is InChI=1S/C21H22N2O4/c1-14(15-8-6-5-7-9-15)23-21(24)17(13-22)10-16-11-19(26-3)20(27-4)12-18(16)25-2/h5-12,14H,1-4H3,(H,23,24)/b17-10+/t14-/m0/s1. The smallest absolute Gasteiger partial charge is 0.262 e. The number of benzene rings is 2. The fraction of sp³-hybridized carbons (Fsp3) is 0.238. The van der Waals surface area contributed by atoms with E-state index in [2.05, 4.69) is 5.32 Å². The number of nitrogens with zero attached hydrogens (tertiary/aromatic N) is 1. The molecular weight excluding hydrogens is 344 g/mol. The van der Waals surface area contributed by atoms with E-state index in [9.17, 15) is 10.1 Å².